The summed E-state index contributed by atoms with van der Waals surface area (Å²) in [5.41, 5.74) is 13.6. The fourth-order valence-corrected chi connectivity index (χ4v) is 8.59. The summed E-state index contributed by atoms with van der Waals surface area (Å²) in [6.45, 7) is 4.57. The number of allylic oxidation sites excluding steroid dienone is 2. The second-order valence-electron chi connectivity index (χ2n) is 14.0. The second-order valence-corrected chi connectivity index (χ2v) is 14.0. The Kier molecular flexibility index (Phi) is 7.07. The summed E-state index contributed by atoms with van der Waals surface area (Å²) < 4.78 is 0. The highest BCUT2D eigenvalue weighted by atomic mass is 15.2. The number of anilines is 5. The van der Waals surface area contributed by atoms with E-state index in [2.05, 4.69) is 194 Å². The Balaban J connectivity index is 1.21. The Morgan fingerprint density at radius 2 is 1.31 bits per heavy atom. The summed E-state index contributed by atoms with van der Waals surface area (Å²) in [4.78, 5) is 10.1. The van der Waals surface area contributed by atoms with E-state index in [1.54, 1.807) is 0 Å². The van der Waals surface area contributed by atoms with Crippen LogP contribution in [0.2, 0.25) is 0 Å². The van der Waals surface area contributed by atoms with E-state index in [0.717, 1.165) is 34.5 Å². The van der Waals surface area contributed by atoms with Crippen molar-refractivity contribution in [2.75, 3.05) is 9.80 Å². The van der Waals surface area contributed by atoms with E-state index in [0.29, 0.717) is 0 Å². The number of hydrogen-bond acceptors (Lipinski definition) is 3. The van der Waals surface area contributed by atoms with Crippen LogP contribution < -0.4 is 9.80 Å². The first-order valence-electron chi connectivity index (χ1n) is 18.2. The van der Waals surface area contributed by atoms with Crippen molar-refractivity contribution in [3.8, 4) is 0 Å². The molecular weight excluding hydrogens is 631 g/mol. The molecule has 0 fully saturated rings. The van der Waals surface area contributed by atoms with Crippen molar-refractivity contribution in [3.05, 3.63) is 192 Å². The van der Waals surface area contributed by atoms with Gasteiger partial charge in [0.2, 0.25) is 0 Å². The quantitative estimate of drug-likeness (QED) is 0.176. The SMILES string of the molecule is CC1=CC(N(c2ccccc2)c2cccc3ccccc23)C2=CCc3c(C)cc(N(c4ccccc4)c4ccc5ccccc5n4)c4ccc1c2c34. The Morgan fingerprint density at radius 3 is 2.13 bits per heavy atom. The van der Waals surface area contributed by atoms with Gasteiger partial charge < -0.3 is 4.90 Å². The van der Waals surface area contributed by atoms with Gasteiger partial charge in [-0.15, -0.1) is 0 Å². The monoisotopic (exact) mass is 667 g/mol. The van der Waals surface area contributed by atoms with Crippen LogP contribution in [0.3, 0.4) is 0 Å². The minimum atomic E-state index is 0.01000. The minimum Gasteiger partial charge on any atom is -0.330 e. The summed E-state index contributed by atoms with van der Waals surface area (Å²) >= 11 is 0. The van der Waals surface area contributed by atoms with Crippen LogP contribution in [0.25, 0.3) is 43.6 Å². The summed E-state index contributed by atoms with van der Waals surface area (Å²) in [7, 11) is 0. The Bertz CT molecular complexity index is 2740. The first-order valence-corrected chi connectivity index (χ1v) is 18.2. The van der Waals surface area contributed by atoms with Gasteiger partial charge in [-0.1, -0.05) is 115 Å². The third-order valence-electron chi connectivity index (χ3n) is 11.0. The van der Waals surface area contributed by atoms with Crippen molar-refractivity contribution in [1.29, 1.82) is 0 Å². The molecule has 7 aromatic carbocycles. The highest BCUT2D eigenvalue weighted by molar-refractivity contribution is 6.12. The molecule has 1 unspecified atom stereocenters. The van der Waals surface area contributed by atoms with E-state index < -0.39 is 0 Å². The number of aryl methyl sites for hydroxylation is 1. The fraction of sp³-hybridized carbons (Fsp3) is 0.0816. The number of fused-ring (bicyclic) bond motifs is 2. The topological polar surface area (TPSA) is 19.4 Å². The average Bonchev–Trinajstić information content (AvgIpc) is 3.20. The normalized spacial score (nSPS) is 14.7. The largest absolute Gasteiger partial charge is 0.330 e. The molecule has 52 heavy (non-hydrogen) atoms. The summed E-state index contributed by atoms with van der Waals surface area (Å²) in [6, 6.07) is 56.8. The number of hydrogen-bond donors (Lipinski definition) is 0. The molecule has 248 valence electrons. The molecule has 2 aliphatic carbocycles. The van der Waals surface area contributed by atoms with E-state index in [4.69, 9.17) is 4.98 Å². The zero-order valence-electron chi connectivity index (χ0n) is 29.3. The van der Waals surface area contributed by atoms with Gasteiger partial charge >= 0.3 is 0 Å². The average molecular weight is 668 g/mol. The van der Waals surface area contributed by atoms with Crippen LogP contribution in [0.15, 0.2) is 170 Å². The lowest BCUT2D eigenvalue weighted by Gasteiger charge is -2.40. The molecule has 1 atom stereocenters. The third kappa shape index (κ3) is 4.77. The zero-order chi connectivity index (χ0) is 34.8. The summed E-state index contributed by atoms with van der Waals surface area (Å²) in [5.74, 6) is 0.907. The lowest BCUT2D eigenvalue weighted by molar-refractivity contribution is 0.948. The Morgan fingerprint density at radius 1 is 0.596 bits per heavy atom. The lowest BCUT2D eigenvalue weighted by atomic mass is 9.75. The van der Waals surface area contributed by atoms with Crippen LogP contribution in [0.1, 0.15) is 29.2 Å². The van der Waals surface area contributed by atoms with Crippen molar-refractivity contribution in [3.63, 3.8) is 0 Å². The molecule has 0 bridgehead atoms. The first-order chi connectivity index (χ1) is 25.6. The molecular formula is C49H37N3. The van der Waals surface area contributed by atoms with E-state index in [-0.39, 0.29) is 6.04 Å². The Hall–Kier alpha value is -6.45. The van der Waals surface area contributed by atoms with Gasteiger partial charge in [0.25, 0.3) is 0 Å². The van der Waals surface area contributed by atoms with E-state index >= 15 is 0 Å². The second kappa shape index (κ2) is 12.1. The molecule has 1 aromatic heterocycles. The van der Waals surface area contributed by atoms with Crippen LogP contribution >= 0.6 is 0 Å². The first kappa shape index (κ1) is 30.4. The predicted octanol–water partition coefficient (Wildman–Crippen LogP) is 12.9. The maximum absolute atomic E-state index is 5.24. The van der Waals surface area contributed by atoms with Gasteiger partial charge in [-0.3, -0.25) is 4.90 Å². The number of benzene rings is 7. The molecule has 0 saturated heterocycles. The number of rotatable bonds is 6. The summed E-state index contributed by atoms with van der Waals surface area (Å²) in [5, 5.41) is 6.23. The van der Waals surface area contributed by atoms with Crippen LogP contribution in [0, 0.1) is 6.92 Å². The van der Waals surface area contributed by atoms with Gasteiger partial charge in [0.1, 0.15) is 5.82 Å². The van der Waals surface area contributed by atoms with Crippen LogP contribution in [-0.2, 0) is 6.42 Å². The number of nitrogens with zero attached hydrogens (tertiary/aromatic N) is 3. The molecule has 10 rings (SSSR count). The minimum absolute atomic E-state index is 0.01000. The van der Waals surface area contributed by atoms with E-state index in [1.165, 1.54) is 66.3 Å². The molecule has 0 radical (unpaired) electrons. The molecule has 8 aromatic rings. The smallest absolute Gasteiger partial charge is 0.138 e. The molecule has 0 N–H and O–H groups in total. The number of aromatic nitrogens is 1. The molecule has 0 saturated carbocycles. The zero-order valence-corrected chi connectivity index (χ0v) is 29.3. The van der Waals surface area contributed by atoms with Gasteiger partial charge in [-0.25, -0.2) is 4.98 Å². The maximum Gasteiger partial charge on any atom is 0.138 e. The van der Waals surface area contributed by atoms with Crippen molar-refractivity contribution in [1.82, 2.24) is 4.98 Å². The molecule has 0 aliphatic heterocycles. The van der Waals surface area contributed by atoms with Crippen LogP contribution in [-0.4, -0.2) is 11.0 Å². The van der Waals surface area contributed by atoms with Crippen molar-refractivity contribution in [2.24, 2.45) is 0 Å². The van der Waals surface area contributed by atoms with Crippen LogP contribution in [0.5, 0.6) is 0 Å². The summed E-state index contributed by atoms with van der Waals surface area (Å²) in [6.07, 6.45) is 5.86. The molecule has 0 spiro atoms. The number of pyridine rings is 1. The third-order valence-corrected chi connectivity index (χ3v) is 11.0. The molecule has 3 nitrogen and oxygen atoms in total. The molecule has 1 heterocycles. The lowest BCUT2D eigenvalue weighted by Crippen LogP contribution is -2.34. The highest BCUT2D eigenvalue weighted by Gasteiger charge is 2.34. The predicted molar refractivity (Wildman–Crippen MR) is 220 cm³/mol. The van der Waals surface area contributed by atoms with Gasteiger partial charge in [-0.05, 0) is 119 Å². The van der Waals surface area contributed by atoms with Crippen molar-refractivity contribution in [2.45, 2.75) is 26.3 Å². The number of para-hydroxylation sites is 3. The van der Waals surface area contributed by atoms with Gasteiger partial charge in [-0.2, -0.15) is 0 Å². The van der Waals surface area contributed by atoms with Crippen molar-refractivity contribution < 1.29 is 0 Å². The fourth-order valence-electron chi connectivity index (χ4n) is 8.59. The van der Waals surface area contributed by atoms with E-state index in [9.17, 15) is 0 Å². The Labute approximate surface area is 304 Å². The molecule has 2 aliphatic rings. The van der Waals surface area contributed by atoms with Crippen LogP contribution in [0.4, 0.5) is 28.6 Å². The molecule has 3 heteroatoms. The van der Waals surface area contributed by atoms with Gasteiger partial charge in [0, 0.05) is 33.2 Å². The van der Waals surface area contributed by atoms with Crippen molar-refractivity contribution >= 4 is 72.2 Å². The maximum atomic E-state index is 5.24. The standard InChI is InChI=1S/C49H37N3/c1-32-30-45(51(36-17-5-3-6-18-36)44-23-13-16-34-14-9-11-21-40(34)44)41-27-25-39-33(2)31-46(42-28-26-38(32)48(41)49(39)42)52(37-19-7-4-8-20-37)47-29-24-35-15-10-12-22-43(35)50-47/h3-24,26-31,45H,25H2,1-2H3. The highest BCUT2D eigenvalue weighted by Crippen LogP contribution is 2.51. The van der Waals surface area contributed by atoms with E-state index in [1.807, 2.05) is 0 Å². The van der Waals surface area contributed by atoms with Gasteiger partial charge in [0.15, 0.2) is 0 Å². The molecule has 0 amide bonds. The van der Waals surface area contributed by atoms with Gasteiger partial charge in [0.05, 0.1) is 17.2 Å².